The average molecular weight is 311 g/mol. The standard InChI is InChI=1S/C17H29NO2S/c1-14-11-16(19-5)12-15(18-14)13-21-10-8-6-7-9-20-17(2,3)4/h11-12H,6-10,13H2,1-5H3. The molecule has 0 amide bonds. The van der Waals surface area contributed by atoms with Gasteiger partial charge in [-0.1, -0.05) is 6.42 Å². The van der Waals surface area contributed by atoms with Gasteiger partial charge in [-0.05, 0) is 46.3 Å². The predicted octanol–water partition coefficient (Wildman–Crippen LogP) is 4.62. The van der Waals surface area contributed by atoms with Crippen molar-refractivity contribution in [2.45, 2.75) is 58.3 Å². The van der Waals surface area contributed by atoms with E-state index in [0.29, 0.717) is 0 Å². The molecule has 0 fully saturated rings. The number of nitrogens with zero attached hydrogens (tertiary/aromatic N) is 1. The summed E-state index contributed by atoms with van der Waals surface area (Å²) in [6, 6.07) is 3.99. The Labute approximate surface area is 133 Å². The normalized spacial score (nSPS) is 11.7. The van der Waals surface area contributed by atoms with Crippen LogP contribution in [0.1, 0.15) is 51.4 Å². The fourth-order valence-electron chi connectivity index (χ4n) is 1.93. The van der Waals surface area contributed by atoms with Gasteiger partial charge in [0.15, 0.2) is 0 Å². The highest BCUT2D eigenvalue weighted by molar-refractivity contribution is 7.98. The number of aromatic nitrogens is 1. The number of hydrogen-bond acceptors (Lipinski definition) is 4. The molecule has 0 bridgehead atoms. The van der Waals surface area contributed by atoms with Crippen molar-refractivity contribution in [2.75, 3.05) is 19.5 Å². The van der Waals surface area contributed by atoms with Crippen LogP contribution in [0.2, 0.25) is 0 Å². The van der Waals surface area contributed by atoms with Crippen molar-refractivity contribution in [3.05, 3.63) is 23.5 Å². The minimum Gasteiger partial charge on any atom is -0.497 e. The number of ether oxygens (including phenoxy) is 2. The topological polar surface area (TPSA) is 31.4 Å². The summed E-state index contributed by atoms with van der Waals surface area (Å²) < 4.78 is 11.0. The number of pyridine rings is 1. The fourth-order valence-corrected chi connectivity index (χ4v) is 2.84. The zero-order valence-corrected chi connectivity index (χ0v) is 14.9. The number of rotatable bonds is 9. The van der Waals surface area contributed by atoms with Crippen LogP contribution >= 0.6 is 11.8 Å². The average Bonchev–Trinajstić information content (AvgIpc) is 2.40. The summed E-state index contributed by atoms with van der Waals surface area (Å²) in [5, 5.41) is 0. The van der Waals surface area contributed by atoms with E-state index < -0.39 is 0 Å². The van der Waals surface area contributed by atoms with Crippen molar-refractivity contribution in [3.63, 3.8) is 0 Å². The third kappa shape index (κ3) is 8.99. The lowest BCUT2D eigenvalue weighted by atomic mass is 10.2. The zero-order valence-electron chi connectivity index (χ0n) is 14.1. The Bertz CT molecular complexity index is 416. The maximum atomic E-state index is 5.71. The predicted molar refractivity (Wildman–Crippen MR) is 91.2 cm³/mol. The Morgan fingerprint density at radius 3 is 2.57 bits per heavy atom. The number of thioether (sulfide) groups is 1. The molecule has 4 heteroatoms. The lowest BCUT2D eigenvalue weighted by Crippen LogP contribution is -2.19. The maximum absolute atomic E-state index is 5.71. The van der Waals surface area contributed by atoms with Gasteiger partial charge in [0.05, 0.1) is 18.4 Å². The second-order valence-electron chi connectivity index (χ2n) is 6.21. The van der Waals surface area contributed by atoms with Crippen molar-refractivity contribution >= 4 is 11.8 Å². The summed E-state index contributed by atoms with van der Waals surface area (Å²) in [5.74, 6) is 3.03. The molecule has 0 saturated heterocycles. The summed E-state index contributed by atoms with van der Waals surface area (Å²) in [6.07, 6.45) is 3.61. The molecule has 0 N–H and O–H groups in total. The molecule has 120 valence electrons. The lowest BCUT2D eigenvalue weighted by molar-refractivity contribution is -0.00458. The molecule has 0 aliphatic rings. The summed E-state index contributed by atoms with van der Waals surface area (Å²) in [5.41, 5.74) is 2.11. The second-order valence-corrected chi connectivity index (χ2v) is 7.32. The van der Waals surface area contributed by atoms with Gasteiger partial charge in [-0.2, -0.15) is 11.8 Å². The Hall–Kier alpha value is -0.740. The largest absolute Gasteiger partial charge is 0.497 e. The first-order valence-corrected chi connectivity index (χ1v) is 8.79. The van der Waals surface area contributed by atoms with Crippen molar-refractivity contribution in [1.29, 1.82) is 0 Å². The van der Waals surface area contributed by atoms with Crippen LogP contribution in [-0.4, -0.2) is 30.1 Å². The van der Waals surface area contributed by atoms with E-state index >= 15 is 0 Å². The number of methoxy groups -OCH3 is 1. The van der Waals surface area contributed by atoms with Gasteiger partial charge in [0.1, 0.15) is 5.75 Å². The molecule has 0 saturated carbocycles. The van der Waals surface area contributed by atoms with Gasteiger partial charge in [0, 0.05) is 30.2 Å². The van der Waals surface area contributed by atoms with Crippen LogP contribution in [-0.2, 0) is 10.5 Å². The first-order chi connectivity index (χ1) is 9.90. The van der Waals surface area contributed by atoms with Crippen LogP contribution in [0.4, 0.5) is 0 Å². The van der Waals surface area contributed by atoms with Gasteiger partial charge in [0.25, 0.3) is 0 Å². The summed E-state index contributed by atoms with van der Waals surface area (Å²) in [7, 11) is 1.70. The van der Waals surface area contributed by atoms with Gasteiger partial charge < -0.3 is 9.47 Å². The summed E-state index contributed by atoms with van der Waals surface area (Å²) in [4.78, 5) is 4.54. The number of unbranched alkanes of at least 4 members (excludes halogenated alkanes) is 2. The Morgan fingerprint density at radius 2 is 1.90 bits per heavy atom. The molecule has 0 aromatic carbocycles. The molecular formula is C17H29NO2S. The van der Waals surface area contributed by atoms with E-state index in [4.69, 9.17) is 9.47 Å². The van der Waals surface area contributed by atoms with Crippen LogP contribution in [0.3, 0.4) is 0 Å². The van der Waals surface area contributed by atoms with E-state index in [2.05, 4.69) is 25.8 Å². The molecule has 0 radical (unpaired) electrons. The minimum absolute atomic E-state index is 0.00928. The molecule has 1 aromatic heterocycles. The number of aryl methyl sites for hydroxylation is 1. The molecule has 3 nitrogen and oxygen atoms in total. The van der Waals surface area contributed by atoms with Crippen LogP contribution in [0.15, 0.2) is 12.1 Å². The van der Waals surface area contributed by atoms with E-state index in [1.807, 2.05) is 30.8 Å². The zero-order chi connectivity index (χ0) is 15.7. The molecule has 21 heavy (non-hydrogen) atoms. The van der Waals surface area contributed by atoms with E-state index in [-0.39, 0.29) is 5.60 Å². The molecule has 1 rings (SSSR count). The van der Waals surface area contributed by atoms with Gasteiger partial charge in [-0.25, -0.2) is 0 Å². The Balaban J connectivity index is 2.10. The quantitative estimate of drug-likeness (QED) is 0.623. The number of hydrogen-bond donors (Lipinski definition) is 0. The summed E-state index contributed by atoms with van der Waals surface area (Å²) in [6.45, 7) is 9.18. The van der Waals surface area contributed by atoms with Crippen LogP contribution in [0.5, 0.6) is 5.75 Å². The molecular weight excluding hydrogens is 282 g/mol. The van der Waals surface area contributed by atoms with Gasteiger partial charge in [-0.3, -0.25) is 4.98 Å². The molecule has 0 spiro atoms. The van der Waals surface area contributed by atoms with E-state index in [1.165, 1.54) is 18.6 Å². The molecule has 0 aliphatic heterocycles. The van der Waals surface area contributed by atoms with E-state index in [9.17, 15) is 0 Å². The third-order valence-electron chi connectivity index (χ3n) is 2.93. The van der Waals surface area contributed by atoms with Gasteiger partial charge in [0.2, 0.25) is 0 Å². The van der Waals surface area contributed by atoms with Crippen molar-refractivity contribution in [1.82, 2.24) is 4.98 Å². The molecule has 1 heterocycles. The molecule has 0 aliphatic carbocycles. The van der Waals surface area contributed by atoms with Crippen molar-refractivity contribution < 1.29 is 9.47 Å². The first-order valence-electron chi connectivity index (χ1n) is 7.64. The highest BCUT2D eigenvalue weighted by Gasteiger charge is 2.08. The smallest absolute Gasteiger partial charge is 0.122 e. The molecule has 1 aromatic rings. The van der Waals surface area contributed by atoms with Gasteiger partial charge >= 0.3 is 0 Å². The van der Waals surface area contributed by atoms with Crippen LogP contribution < -0.4 is 4.74 Å². The summed E-state index contributed by atoms with van der Waals surface area (Å²) >= 11 is 1.94. The molecule has 0 unspecified atom stereocenters. The van der Waals surface area contributed by atoms with Crippen LogP contribution in [0, 0.1) is 6.92 Å². The van der Waals surface area contributed by atoms with Gasteiger partial charge in [-0.15, -0.1) is 0 Å². The second kappa shape index (κ2) is 9.31. The maximum Gasteiger partial charge on any atom is 0.122 e. The SMILES string of the molecule is COc1cc(C)nc(CSCCCCCOC(C)(C)C)c1. The van der Waals surface area contributed by atoms with E-state index in [0.717, 1.165) is 35.9 Å². The third-order valence-corrected chi connectivity index (χ3v) is 4.01. The van der Waals surface area contributed by atoms with Crippen molar-refractivity contribution in [2.24, 2.45) is 0 Å². The van der Waals surface area contributed by atoms with Crippen LogP contribution in [0.25, 0.3) is 0 Å². The molecule has 0 atom stereocenters. The Kier molecular flexibility index (Phi) is 8.12. The highest BCUT2D eigenvalue weighted by Crippen LogP contribution is 2.18. The first kappa shape index (κ1) is 18.3. The van der Waals surface area contributed by atoms with E-state index in [1.54, 1.807) is 7.11 Å². The Morgan fingerprint density at radius 1 is 1.14 bits per heavy atom. The monoisotopic (exact) mass is 311 g/mol. The fraction of sp³-hybridized carbons (Fsp3) is 0.706. The highest BCUT2D eigenvalue weighted by atomic mass is 32.2. The minimum atomic E-state index is -0.00928. The lowest BCUT2D eigenvalue weighted by Gasteiger charge is -2.19. The van der Waals surface area contributed by atoms with Crippen molar-refractivity contribution in [3.8, 4) is 5.75 Å².